The molecular formula is C17H13IrN2-. The Bertz CT molecular complexity index is 662. The van der Waals surface area contributed by atoms with Crippen molar-refractivity contribution in [3.63, 3.8) is 0 Å². The number of benzene rings is 1. The molecule has 0 fully saturated rings. The average Bonchev–Trinajstić information content (AvgIpc) is 2.49. The van der Waals surface area contributed by atoms with E-state index in [1.54, 1.807) is 6.20 Å². The fourth-order valence-corrected chi connectivity index (χ4v) is 1.90. The van der Waals surface area contributed by atoms with Crippen LogP contribution in [-0.4, -0.2) is 9.97 Å². The number of pyridine rings is 2. The monoisotopic (exact) mass is 438 g/mol. The predicted octanol–water partition coefficient (Wildman–Crippen LogP) is 3.92. The minimum atomic E-state index is 0. The van der Waals surface area contributed by atoms with E-state index in [9.17, 15) is 0 Å². The van der Waals surface area contributed by atoms with Crippen molar-refractivity contribution in [3.05, 3.63) is 72.6 Å². The van der Waals surface area contributed by atoms with Gasteiger partial charge >= 0.3 is 0 Å². The van der Waals surface area contributed by atoms with E-state index < -0.39 is 0 Å². The quantitative estimate of drug-likeness (QED) is 0.568. The average molecular weight is 438 g/mol. The summed E-state index contributed by atoms with van der Waals surface area (Å²) in [6.45, 7) is 2.03. The van der Waals surface area contributed by atoms with Crippen LogP contribution in [0.1, 0.15) is 5.56 Å². The van der Waals surface area contributed by atoms with E-state index in [0.29, 0.717) is 0 Å². The number of hydrogen-bond donors (Lipinski definition) is 0. The van der Waals surface area contributed by atoms with Crippen LogP contribution < -0.4 is 0 Å². The van der Waals surface area contributed by atoms with Crippen LogP contribution in [0.15, 0.2) is 60.9 Å². The molecule has 0 unspecified atom stereocenters. The molecule has 0 saturated heterocycles. The Labute approximate surface area is 132 Å². The summed E-state index contributed by atoms with van der Waals surface area (Å²) in [7, 11) is 0. The minimum Gasteiger partial charge on any atom is -0.305 e. The van der Waals surface area contributed by atoms with Gasteiger partial charge in [0.1, 0.15) is 0 Å². The van der Waals surface area contributed by atoms with Gasteiger partial charge in [-0.05, 0) is 30.3 Å². The molecule has 2 aromatic heterocycles. The largest absolute Gasteiger partial charge is 0.305 e. The van der Waals surface area contributed by atoms with Gasteiger partial charge in [-0.1, -0.05) is 23.8 Å². The van der Waals surface area contributed by atoms with Crippen LogP contribution in [0.5, 0.6) is 0 Å². The Hall–Kier alpha value is -1.83. The first kappa shape index (κ1) is 14.6. The summed E-state index contributed by atoms with van der Waals surface area (Å²) in [5.41, 5.74) is 5.13. The number of hydrogen-bond acceptors (Lipinski definition) is 2. The minimum absolute atomic E-state index is 0. The van der Waals surface area contributed by atoms with E-state index >= 15 is 0 Å². The van der Waals surface area contributed by atoms with Gasteiger partial charge in [0, 0.05) is 38.2 Å². The zero-order chi connectivity index (χ0) is 13.1. The van der Waals surface area contributed by atoms with Crippen LogP contribution in [0.25, 0.3) is 22.5 Å². The molecule has 0 atom stereocenters. The Morgan fingerprint density at radius 3 is 2.40 bits per heavy atom. The molecule has 3 heteroatoms. The van der Waals surface area contributed by atoms with Crippen molar-refractivity contribution in [1.29, 1.82) is 0 Å². The number of aromatic nitrogens is 2. The van der Waals surface area contributed by atoms with Crippen LogP contribution in [0.4, 0.5) is 0 Å². The zero-order valence-corrected chi connectivity index (χ0v) is 13.4. The third kappa shape index (κ3) is 3.19. The maximum Gasteiger partial charge on any atom is 0.0294 e. The second-order valence-electron chi connectivity index (χ2n) is 4.43. The van der Waals surface area contributed by atoms with Gasteiger partial charge in [-0.2, -0.15) is 0 Å². The van der Waals surface area contributed by atoms with E-state index in [1.807, 2.05) is 49.5 Å². The first-order chi connectivity index (χ1) is 9.33. The summed E-state index contributed by atoms with van der Waals surface area (Å²) >= 11 is 0. The molecule has 1 aromatic carbocycles. The first-order valence-electron chi connectivity index (χ1n) is 6.19. The van der Waals surface area contributed by atoms with Gasteiger partial charge in [0.05, 0.1) is 0 Å². The summed E-state index contributed by atoms with van der Waals surface area (Å²) in [5.74, 6) is 0. The van der Waals surface area contributed by atoms with E-state index in [-0.39, 0.29) is 20.1 Å². The number of rotatable bonds is 2. The second kappa shape index (κ2) is 6.55. The van der Waals surface area contributed by atoms with E-state index in [2.05, 4.69) is 28.2 Å². The molecule has 101 valence electrons. The molecule has 0 aliphatic carbocycles. The standard InChI is InChI=1S/C17H13N2.Ir/c1-13-5-10-17(19-12-13)15-8-6-14(7-9-15)16-4-2-3-11-18-16;/h2-6,8-12H,1H3;/q-1;. The van der Waals surface area contributed by atoms with E-state index in [1.165, 1.54) is 0 Å². The third-order valence-corrected chi connectivity index (χ3v) is 2.96. The van der Waals surface area contributed by atoms with Crippen LogP contribution >= 0.6 is 0 Å². The smallest absolute Gasteiger partial charge is 0.0294 e. The van der Waals surface area contributed by atoms with Crippen molar-refractivity contribution in [2.45, 2.75) is 6.92 Å². The number of nitrogens with zero attached hydrogens (tertiary/aromatic N) is 2. The third-order valence-electron chi connectivity index (χ3n) is 2.96. The normalized spacial score (nSPS) is 9.85. The van der Waals surface area contributed by atoms with Crippen molar-refractivity contribution < 1.29 is 20.1 Å². The molecule has 0 N–H and O–H groups in total. The molecule has 1 radical (unpaired) electrons. The zero-order valence-electron chi connectivity index (χ0n) is 11.0. The molecule has 0 aliphatic rings. The van der Waals surface area contributed by atoms with Gasteiger partial charge in [-0.25, -0.2) is 0 Å². The van der Waals surface area contributed by atoms with E-state index in [4.69, 9.17) is 0 Å². The molecular weight excluding hydrogens is 424 g/mol. The van der Waals surface area contributed by atoms with Crippen molar-refractivity contribution in [3.8, 4) is 22.5 Å². The molecule has 2 nitrogen and oxygen atoms in total. The SMILES string of the molecule is Cc1ccc(-c2c[c-]c(-c3ccccn3)cc2)nc1.[Ir]. The van der Waals surface area contributed by atoms with Gasteiger partial charge in [-0.15, -0.1) is 29.8 Å². The molecule has 0 amide bonds. The second-order valence-corrected chi connectivity index (χ2v) is 4.43. The molecule has 0 spiro atoms. The summed E-state index contributed by atoms with van der Waals surface area (Å²) in [6, 6.07) is 19.3. The van der Waals surface area contributed by atoms with Crippen LogP contribution in [0, 0.1) is 13.0 Å². The Kier molecular flexibility index (Phi) is 4.78. The van der Waals surface area contributed by atoms with Crippen molar-refractivity contribution >= 4 is 0 Å². The molecule has 0 aliphatic heterocycles. The van der Waals surface area contributed by atoms with Crippen LogP contribution in [0.2, 0.25) is 0 Å². The molecule has 3 rings (SSSR count). The Morgan fingerprint density at radius 1 is 0.900 bits per heavy atom. The topological polar surface area (TPSA) is 25.8 Å². The van der Waals surface area contributed by atoms with Crippen molar-refractivity contribution in [2.24, 2.45) is 0 Å². The molecule has 2 heterocycles. The fourth-order valence-electron chi connectivity index (χ4n) is 1.90. The van der Waals surface area contributed by atoms with Gasteiger partial charge in [-0.3, -0.25) is 4.98 Å². The van der Waals surface area contributed by atoms with Gasteiger partial charge < -0.3 is 4.98 Å². The summed E-state index contributed by atoms with van der Waals surface area (Å²) in [4.78, 5) is 8.73. The number of aryl methyl sites for hydroxylation is 1. The van der Waals surface area contributed by atoms with Gasteiger partial charge in [0.2, 0.25) is 0 Å². The van der Waals surface area contributed by atoms with E-state index in [0.717, 1.165) is 28.1 Å². The van der Waals surface area contributed by atoms with Crippen LogP contribution in [-0.2, 0) is 20.1 Å². The van der Waals surface area contributed by atoms with Gasteiger partial charge in [0.25, 0.3) is 0 Å². The Morgan fingerprint density at radius 2 is 1.80 bits per heavy atom. The fraction of sp³-hybridized carbons (Fsp3) is 0.0588. The van der Waals surface area contributed by atoms with Crippen LogP contribution in [0.3, 0.4) is 0 Å². The molecule has 0 saturated carbocycles. The predicted molar refractivity (Wildman–Crippen MR) is 76.5 cm³/mol. The molecule has 3 aromatic rings. The first-order valence-corrected chi connectivity index (χ1v) is 6.19. The maximum atomic E-state index is 4.42. The summed E-state index contributed by atoms with van der Waals surface area (Å²) < 4.78 is 0. The summed E-state index contributed by atoms with van der Waals surface area (Å²) in [5, 5.41) is 0. The Balaban J connectivity index is 0.00000147. The molecule has 0 bridgehead atoms. The molecule has 20 heavy (non-hydrogen) atoms. The van der Waals surface area contributed by atoms with Gasteiger partial charge in [0.15, 0.2) is 0 Å². The van der Waals surface area contributed by atoms with Crippen molar-refractivity contribution in [1.82, 2.24) is 9.97 Å². The maximum absolute atomic E-state index is 4.42. The summed E-state index contributed by atoms with van der Waals surface area (Å²) in [6.07, 6.45) is 3.67. The van der Waals surface area contributed by atoms with Crippen molar-refractivity contribution in [2.75, 3.05) is 0 Å².